The van der Waals surface area contributed by atoms with E-state index in [-0.39, 0.29) is 11.0 Å². The monoisotopic (exact) mass is 376 g/mol. The average Bonchev–Trinajstić information content (AvgIpc) is 2.69. The Balaban J connectivity index is 2.04. The van der Waals surface area contributed by atoms with Crippen molar-refractivity contribution in [1.29, 1.82) is 0 Å². The molecule has 1 atom stereocenters. The molecule has 3 aromatic rings. The predicted octanol–water partition coefficient (Wildman–Crippen LogP) is 4.16. The van der Waals surface area contributed by atoms with Crippen molar-refractivity contribution in [3.05, 3.63) is 84.9 Å². The van der Waals surface area contributed by atoms with Crippen LogP contribution in [0.2, 0.25) is 5.04 Å². The average molecular weight is 377 g/mol. The molecule has 27 heavy (non-hydrogen) atoms. The summed E-state index contributed by atoms with van der Waals surface area (Å²) in [5.41, 5.74) is 0. The third-order valence-electron chi connectivity index (χ3n) is 4.99. The summed E-state index contributed by atoms with van der Waals surface area (Å²) in [4.78, 5) is 8.82. The van der Waals surface area contributed by atoms with Gasteiger partial charge in [0.1, 0.15) is 5.82 Å². The molecule has 0 aliphatic heterocycles. The number of aromatic nitrogens is 2. The lowest BCUT2D eigenvalue weighted by Crippen LogP contribution is -2.66. The Bertz CT molecular complexity index is 793. The fraction of sp³-hybridized carbons (Fsp3) is 0.304. The van der Waals surface area contributed by atoms with Gasteiger partial charge in [0.15, 0.2) is 0 Å². The highest BCUT2D eigenvalue weighted by Crippen LogP contribution is 2.37. The molecule has 4 heteroatoms. The molecule has 0 spiro atoms. The van der Waals surface area contributed by atoms with Gasteiger partial charge in [0.2, 0.25) is 0 Å². The lowest BCUT2D eigenvalue weighted by molar-refractivity contribution is 0.274. The van der Waals surface area contributed by atoms with Crippen molar-refractivity contribution in [2.75, 3.05) is 6.61 Å². The highest BCUT2D eigenvalue weighted by Gasteiger charge is 2.50. The predicted molar refractivity (Wildman–Crippen MR) is 114 cm³/mol. The quantitative estimate of drug-likeness (QED) is 0.606. The van der Waals surface area contributed by atoms with E-state index in [1.165, 1.54) is 10.4 Å². The topological polar surface area (TPSA) is 35.0 Å². The lowest BCUT2D eigenvalue weighted by atomic mass is 10.2. The Labute approximate surface area is 163 Å². The largest absolute Gasteiger partial charge is 0.407 e. The van der Waals surface area contributed by atoms with E-state index in [4.69, 9.17) is 4.43 Å². The van der Waals surface area contributed by atoms with E-state index in [0.29, 0.717) is 6.61 Å². The first-order valence-electron chi connectivity index (χ1n) is 9.47. The Morgan fingerprint density at radius 2 is 1.30 bits per heavy atom. The fourth-order valence-electron chi connectivity index (χ4n) is 3.65. The first-order valence-corrected chi connectivity index (χ1v) is 11.4. The van der Waals surface area contributed by atoms with E-state index in [2.05, 4.69) is 98.3 Å². The zero-order chi connectivity index (χ0) is 19.3. The van der Waals surface area contributed by atoms with Gasteiger partial charge in [-0.25, -0.2) is 9.97 Å². The first-order chi connectivity index (χ1) is 12.9. The van der Waals surface area contributed by atoms with E-state index in [1.54, 1.807) is 12.4 Å². The highest BCUT2D eigenvalue weighted by atomic mass is 28.4. The van der Waals surface area contributed by atoms with Crippen LogP contribution in [0.1, 0.15) is 39.4 Å². The van der Waals surface area contributed by atoms with Gasteiger partial charge in [0.25, 0.3) is 8.32 Å². The molecular formula is C23H28N2OSi. The number of nitrogens with zero attached hydrogens (tertiary/aromatic N) is 2. The smallest absolute Gasteiger partial charge is 0.261 e. The van der Waals surface area contributed by atoms with Gasteiger partial charge in [0, 0.05) is 24.9 Å². The molecule has 0 bridgehead atoms. The Hall–Kier alpha value is -2.30. The van der Waals surface area contributed by atoms with Crippen LogP contribution in [0.25, 0.3) is 0 Å². The standard InChI is InChI=1S/C23H28N2OSi/c1-19(22-24-16-11-17-25-22)18-26-27(23(2,3)4,20-12-7-5-8-13-20)21-14-9-6-10-15-21/h5-17,19H,18H2,1-4H3. The highest BCUT2D eigenvalue weighted by molar-refractivity contribution is 6.99. The van der Waals surface area contributed by atoms with E-state index in [9.17, 15) is 0 Å². The van der Waals surface area contributed by atoms with Gasteiger partial charge in [0.05, 0.1) is 0 Å². The second kappa shape index (κ2) is 8.15. The third-order valence-corrected chi connectivity index (χ3v) is 10.00. The summed E-state index contributed by atoms with van der Waals surface area (Å²) in [6.07, 6.45) is 3.59. The molecule has 0 radical (unpaired) electrons. The second-order valence-corrected chi connectivity index (χ2v) is 12.3. The minimum Gasteiger partial charge on any atom is -0.407 e. The molecule has 1 aromatic heterocycles. The maximum atomic E-state index is 6.94. The molecule has 0 fully saturated rings. The number of rotatable bonds is 6. The molecule has 0 saturated heterocycles. The van der Waals surface area contributed by atoms with Crippen molar-refractivity contribution < 1.29 is 4.43 Å². The number of benzene rings is 2. The van der Waals surface area contributed by atoms with Crippen LogP contribution in [0, 0.1) is 0 Å². The van der Waals surface area contributed by atoms with Gasteiger partial charge in [-0.3, -0.25) is 0 Å². The van der Waals surface area contributed by atoms with Gasteiger partial charge >= 0.3 is 0 Å². The molecule has 3 rings (SSSR count). The fourth-order valence-corrected chi connectivity index (χ4v) is 8.31. The van der Waals surface area contributed by atoms with Gasteiger partial charge in [-0.05, 0) is 21.5 Å². The third kappa shape index (κ3) is 4.02. The molecule has 0 aliphatic rings. The summed E-state index contributed by atoms with van der Waals surface area (Å²) in [6, 6.07) is 23.3. The second-order valence-electron chi connectivity index (χ2n) is 7.98. The van der Waals surface area contributed by atoms with Crippen molar-refractivity contribution in [3.8, 4) is 0 Å². The SMILES string of the molecule is CC(CO[Si](c1ccccc1)(c1ccccc1)C(C)(C)C)c1ncccn1. The Morgan fingerprint density at radius 3 is 1.74 bits per heavy atom. The summed E-state index contributed by atoms with van der Waals surface area (Å²) in [7, 11) is -2.50. The summed E-state index contributed by atoms with van der Waals surface area (Å²) < 4.78 is 6.94. The zero-order valence-electron chi connectivity index (χ0n) is 16.6. The van der Waals surface area contributed by atoms with Crippen LogP contribution in [0.15, 0.2) is 79.1 Å². The Morgan fingerprint density at radius 1 is 0.815 bits per heavy atom. The van der Waals surface area contributed by atoms with Gasteiger partial charge in [-0.15, -0.1) is 0 Å². The first kappa shape index (κ1) is 19.5. The van der Waals surface area contributed by atoms with Crippen LogP contribution in [0.5, 0.6) is 0 Å². The Kier molecular flexibility index (Phi) is 5.88. The summed E-state index contributed by atoms with van der Waals surface area (Å²) in [5.74, 6) is 0.961. The van der Waals surface area contributed by atoms with Gasteiger partial charge in [-0.1, -0.05) is 88.4 Å². The van der Waals surface area contributed by atoms with E-state index in [1.807, 2.05) is 6.07 Å². The van der Waals surface area contributed by atoms with Crippen LogP contribution in [-0.2, 0) is 4.43 Å². The molecule has 0 N–H and O–H groups in total. The maximum Gasteiger partial charge on any atom is 0.261 e. The van der Waals surface area contributed by atoms with E-state index < -0.39 is 8.32 Å². The van der Waals surface area contributed by atoms with Gasteiger partial charge < -0.3 is 4.43 Å². The number of hydrogen-bond donors (Lipinski definition) is 0. The molecule has 0 saturated carbocycles. The van der Waals surface area contributed by atoms with Crippen LogP contribution in [0.4, 0.5) is 0 Å². The molecule has 0 aliphatic carbocycles. The molecule has 0 amide bonds. The van der Waals surface area contributed by atoms with Crippen LogP contribution in [-0.4, -0.2) is 24.9 Å². The summed E-state index contributed by atoms with van der Waals surface area (Å²) in [5, 5.41) is 2.57. The van der Waals surface area contributed by atoms with Crippen molar-refractivity contribution in [1.82, 2.24) is 9.97 Å². The van der Waals surface area contributed by atoms with E-state index >= 15 is 0 Å². The molecule has 2 aromatic carbocycles. The molecule has 1 unspecified atom stereocenters. The minimum atomic E-state index is -2.50. The molecular weight excluding hydrogens is 348 g/mol. The van der Waals surface area contributed by atoms with Crippen molar-refractivity contribution >= 4 is 18.7 Å². The normalized spacial score (nSPS) is 13.3. The zero-order valence-corrected chi connectivity index (χ0v) is 17.6. The van der Waals surface area contributed by atoms with E-state index in [0.717, 1.165) is 5.82 Å². The van der Waals surface area contributed by atoms with Crippen molar-refractivity contribution in [3.63, 3.8) is 0 Å². The lowest BCUT2D eigenvalue weighted by Gasteiger charge is -2.43. The van der Waals surface area contributed by atoms with Crippen LogP contribution >= 0.6 is 0 Å². The number of hydrogen-bond acceptors (Lipinski definition) is 3. The summed E-state index contributed by atoms with van der Waals surface area (Å²) in [6.45, 7) is 9.61. The van der Waals surface area contributed by atoms with Gasteiger partial charge in [-0.2, -0.15) is 0 Å². The maximum absolute atomic E-state index is 6.94. The van der Waals surface area contributed by atoms with Crippen LogP contribution in [0.3, 0.4) is 0 Å². The van der Waals surface area contributed by atoms with Crippen molar-refractivity contribution in [2.24, 2.45) is 0 Å². The molecule has 140 valence electrons. The summed E-state index contributed by atoms with van der Waals surface area (Å²) >= 11 is 0. The van der Waals surface area contributed by atoms with Crippen LogP contribution < -0.4 is 10.4 Å². The molecule has 1 heterocycles. The molecule has 3 nitrogen and oxygen atoms in total. The minimum absolute atomic E-state index is 0.0209. The van der Waals surface area contributed by atoms with Crippen molar-refractivity contribution in [2.45, 2.75) is 38.7 Å².